The van der Waals surface area contributed by atoms with Crippen molar-refractivity contribution in [1.82, 2.24) is 0 Å². The maximum Gasteiger partial charge on any atom is 0.0412 e. The topological polar surface area (TPSA) is 0 Å². The molecule has 0 aliphatic rings. The lowest BCUT2D eigenvalue weighted by Crippen LogP contribution is -1.80. The van der Waals surface area contributed by atoms with Gasteiger partial charge in [0.15, 0.2) is 0 Å². The molecule has 1 aromatic rings. The number of rotatable bonds is 2. The van der Waals surface area contributed by atoms with Gasteiger partial charge in [0, 0.05) is 5.02 Å². The van der Waals surface area contributed by atoms with E-state index in [1.807, 2.05) is 31.2 Å². The van der Waals surface area contributed by atoms with Gasteiger partial charge in [0.25, 0.3) is 0 Å². The maximum absolute atomic E-state index is 5.89. The van der Waals surface area contributed by atoms with Gasteiger partial charge in [0.2, 0.25) is 0 Å². The predicted octanol–water partition coefficient (Wildman–Crippen LogP) is 4.24. The van der Waals surface area contributed by atoms with Crippen LogP contribution in [0.15, 0.2) is 36.4 Å². The molecular weight excluding hydrogens is 180 g/mol. The highest BCUT2D eigenvalue weighted by Gasteiger charge is 1.95. The molecule has 1 heteroatoms. The molecule has 68 valence electrons. The van der Waals surface area contributed by atoms with Crippen molar-refractivity contribution in [1.29, 1.82) is 0 Å². The number of aryl methyl sites for hydroxylation is 1. The summed E-state index contributed by atoms with van der Waals surface area (Å²) in [6, 6.07) is 5.88. The third-order valence-corrected chi connectivity index (χ3v) is 2.18. The van der Waals surface area contributed by atoms with Gasteiger partial charge in [-0.1, -0.05) is 42.0 Å². The van der Waals surface area contributed by atoms with Crippen LogP contribution in [0.3, 0.4) is 0 Å². The van der Waals surface area contributed by atoms with E-state index in [1.165, 1.54) is 5.56 Å². The van der Waals surface area contributed by atoms with Crippen LogP contribution in [-0.2, 0) is 0 Å². The Bertz CT molecular complexity index is 348. The standard InChI is InChI=1S/C12H13Cl/c1-4-9(2)7-11-8-12(13)6-5-10(11)3/h4-8H,1H2,2-3H3/b9-7-. The first-order valence-electron chi connectivity index (χ1n) is 4.20. The van der Waals surface area contributed by atoms with Crippen LogP contribution < -0.4 is 0 Å². The third kappa shape index (κ3) is 2.74. The fourth-order valence-electron chi connectivity index (χ4n) is 1.07. The van der Waals surface area contributed by atoms with Crippen molar-refractivity contribution in [3.63, 3.8) is 0 Å². The molecule has 1 aromatic carbocycles. The van der Waals surface area contributed by atoms with Gasteiger partial charge >= 0.3 is 0 Å². The van der Waals surface area contributed by atoms with E-state index in [0.29, 0.717) is 0 Å². The summed E-state index contributed by atoms with van der Waals surface area (Å²) in [6.07, 6.45) is 3.91. The molecular formula is C12H13Cl. The summed E-state index contributed by atoms with van der Waals surface area (Å²) in [5, 5.41) is 0.772. The molecule has 0 amide bonds. The molecule has 0 radical (unpaired) electrons. The summed E-state index contributed by atoms with van der Waals surface area (Å²) in [6.45, 7) is 7.80. The van der Waals surface area contributed by atoms with Crippen LogP contribution in [-0.4, -0.2) is 0 Å². The lowest BCUT2D eigenvalue weighted by Gasteiger charge is -2.01. The van der Waals surface area contributed by atoms with E-state index < -0.39 is 0 Å². The van der Waals surface area contributed by atoms with Gasteiger partial charge < -0.3 is 0 Å². The van der Waals surface area contributed by atoms with Crippen LogP contribution in [0.4, 0.5) is 0 Å². The van der Waals surface area contributed by atoms with E-state index in [9.17, 15) is 0 Å². The van der Waals surface area contributed by atoms with E-state index in [2.05, 4.69) is 19.6 Å². The van der Waals surface area contributed by atoms with Crippen LogP contribution in [0, 0.1) is 6.92 Å². The van der Waals surface area contributed by atoms with Gasteiger partial charge in [-0.3, -0.25) is 0 Å². The largest absolute Gasteiger partial charge is 0.0988 e. The first-order valence-corrected chi connectivity index (χ1v) is 4.58. The lowest BCUT2D eigenvalue weighted by molar-refractivity contribution is 1.43. The number of hydrogen-bond donors (Lipinski definition) is 0. The summed E-state index contributed by atoms with van der Waals surface area (Å²) >= 11 is 5.89. The van der Waals surface area contributed by atoms with Gasteiger partial charge in [-0.25, -0.2) is 0 Å². The van der Waals surface area contributed by atoms with Crippen molar-refractivity contribution >= 4 is 17.7 Å². The minimum absolute atomic E-state index is 0.772. The molecule has 0 aliphatic heterocycles. The molecule has 0 spiro atoms. The number of hydrogen-bond acceptors (Lipinski definition) is 0. The molecule has 0 aliphatic carbocycles. The molecule has 0 fully saturated rings. The van der Waals surface area contributed by atoms with E-state index in [1.54, 1.807) is 0 Å². The Morgan fingerprint density at radius 2 is 2.15 bits per heavy atom. The molecule has 0 aromatic heterocycles. The zero-order valence-electron chi connectivity index (χ0n) is 7.97. The molecule has 0 saturated carbocycles. The maximum atomic E-state index is 5.89. The summed E-state index contributed by atoms with van der Waals surface area (Å²) in [5.41, 5.74) is 3.53. The Balaban J connectivity index is 3.13. The Labute approximate surface area is 84.5 Å². The lowest BCUT2D eigenvalue weighted by atomic mass is 10.1. The molecule has 0 saturated heterocycles. The minimum atomic E-state index is 0.772. The van der Waals surface area contributed by atoms with Crippen LogP contribution >= 0.6 is 11.6 Å². The fraction of sp³-hybridized carbons (Fsp3) is 0.167. The first kappa shape index (κ1) is 10.1. The second-order valence-corrected chi connectivity index (χ2v) is 3.53. The average molecular weight is 193 g/mol. The van der Waals surface area contributed by atoms with Crippen LogP contribution in [0.5, 0.6) is 0 Å². The second-order valence-electron chi connectivity index (χ2n) is 3.09. The highest BCUT2D eigenvalue weighted by atomic mass is 35.5. The van der Waals surface area contributed by atoms with E-state index in [-0.39, 0.29) is 0 Å². The Morgan fingerprint density at radius 1 is 1.46 bits per heavy atom. The molecule has 0 unspecified atom stereocenters. The van der Waals surface area contributed by atoms with E-state index in [4.69, 9.17) is 11.6 Å². The molecule has 0 atom stereocenters. The van der Waals surface area contributed by atoms with Crippen molar-refractivity contribution < 1.29 is 0 Å². The van der Waals surface area contributed by atoms with Gasteiger partial charge in [-0.2, -0.15) is 0 Å². The Kier molecular flexibility index (Phi) is 3.32. The highest BCUT2D eigenvalue weighted by molar-refractivity contribution is 6.30. The van der Waals surface area contributed by atoms with Crippen LogP contribution in [0.25, 0.3) is 6.08 Å². The van der Waals surface area contributed by atoms with Gasteiger partial charge in [0.1, 0.15) is 0 Å². The Morgan fingerprint density at radius 3 is 2.77 bits per heavy atom. The third-order valence-electron chi connectivity index (χ3n) is 1.95. The average Bonchev–Trinajstić information content (AvgIpc) is 2.11. The SMILES string of the molecule is C=C/C(C)=C\c1cc(Cl)ccc1C. The van der Waals surface area contributed by atoms with Gasteiger partial charge in [-0.05, 0) is 37.1 Å². The second kappa shape index (κ2) is 4.29. The van der Waals surface area contributed by atoms with E-state index in [0.717, 1.165) is 16.2 Å². The van der Waals surface area contributed by atoms with Crippen LogP contribution in [0.1, 0.15) is 18.1 Å². The first-order chi connectivity index (χ1) is 6.13. The van der Waals surface area contributed by atoms with Crippen molar-refractivity contribution in [3.05, 3.63) is 52.6 Å². The minimum Gasteiger partial charge on any atom is -0.0988 e. The Hall–Kier alpha value is -1.01. The predicted molar refractivity (Wildman–Crippen MR) is 60.0 cm³/mol. The highest BCUT2D eigenvalue weighted by Crippen LogP contribution is 2.18. The number of benzene rings is 1. The molecule has 0 bridgehead atoms. The molecule has 0 nitrogen and oxygen atoms in total. The van der Waals surface area contributed by atoms with Gasteiger partial charge in [0.05, 0.1) is 0 Å². The van der Waals surface area contributed by atoms with Crippen molar-refractivity contribution in [2.24, 2.45) is 0 Å². The molecule has 1 rings (SSSR count). The smallest absolute Gasteiger partial charge is 0.0412 e. The van der Waals surface area contributed by atoms with Crippen molar-refractivity contribution in [2.75, 3.05) is 0 Å². The molecule has 0 heterocycles. The van der Waals surface area contributed by atoms with Crippen LogP contribution in [0.2, 0.25) is 5.02 Å². The molecule has 0 N–H and O–H groups in total. The molecule has 13 heavy (non-hydrogen) atoms. The van der Waals surface area contributed by atoms with Gasteiger partial charge in [-0.15, -0.1) is 0 Å². The number of allylic oxidation sites excluding steroid dienone is 2. The fourth-order valence-corrected chi connectivity index (χ4v) is 1.25. The van der Waals surface area contributed by atoms with Crippen molar-refractivity contribution in [3.8, 4) is 0 Å². The monoisotopic (exact) mass is 192 g/mol. The summed E-state index contributed by atoms with van der Waals surface area (Å²) < 4.78 is 0. The van der Waals surface area contributed by atoms with Crippen molar-refractivity contribution in [2.45, 2.75) is 13.8 Å². The normalized spacial score (nSPS) is 11.5. The van der Waals surface area contributed by atoms with E-state index >= 15 is 0 Å². The zero-order valence-corrected chi connectivity index (χ0v) is 8.73. The zero-order chi connectivity index (χ0) is 9.84. The summed E-state index contributed by atoms with van der Waals surface area (Å²) in [4.78, 5) is 0. The summed E-state index contributed by atoms with van der Waals surface area (Å²) in [7, 11) is 0. The number of halogens is 1. The quantitative estimate of drug-likeness (QED) is 0.615. The summed E-state index contributed by atoms with van der Waals surface area (Å²) in [5.74, 6) is 0.